The van der Waals surface area contributed by atoms with Gasteiger partial charge in [-0.1, -0.05) is 24.3 Å². The van der Waals surface area contributed by atoms with Gasteiger partial charge in [0.15, 0.2) is 0 Å². The Morgan fingerprint density at radius 2 is 1.63 bits per heavy atom. The molecule has 0 fully saturated rings. The molecule has 2 aromatic heterocycles. The minimum atomic E-state index is -0.554. The van der Waals surface area contributed by atoms with E-state index < -0.39 is 17.6 Å². The number of nitrogens with one attached hydrogen (secondary N) is 2. The van der Waals surface area contributed by atoms with E-state index in [9.17, 15) is 14.0 Å². The van der Waals surface area contributed by atoms with Gasteiger partial charge in [-0.2, -0.15) is 0 Å². The third-order valence-electron chi connectivity index (χ3n) is 4.81. The molecule has 7 nitrogen and oxygen atoms in total. The summed E-state index contributed by atoms with van der Waals surface area (Å²) in [5, 5.41) is 5.23. The average Bonchev–Trinajstić information content (AvgIpc) is 2.89. The molecule has 2 aromatic carbocycles. The highest BCUT2D eigenvalue weighted by atomic mass is 19.1. The molecule has 4 rings (SSSR count). The number of carbonyl (C=O) groups is 2. The first-order valence-corrected chi connectivity index (χ1v) is 10.7. The van der Waals surface area contributed by atoms with Gasteiger partial charge in [-0.15, -0.1) is 0 Å². The van der Waals surface area contributed by atoms with Crippen LogP contribution >= 0.6 is 0 Å². The Bertz CT molecular complexity index is 1330. The molecule has 174 valence electrons. The standard InChI is InChI=1S/C27H21FN4O3/c28-20-10-13-23(32-27(34)24-6-2-4-16-30-24)25(17-20)31-26(33)14-9-19-7-11-22(12-8-19)35-18-21-5-1-3-15-29-21/h1-17H,18H2,(H,31,33)(H,32,34). The van der Waals surface area contributed by atoms with Crippen LogP contribution in [0, 0.1) is 5.82 Å². The number of hydrogen-bond acceptors (Lipinski definition) is 5. The minimum Gasteiger partial charge on any atom is -0.487 e. The van der Waals surface area contributed by atoms with Crippen molar-refractivity contribution in [3.63, 3.8) is 0 Å². The summed E-state index contributed by atoms with van der Waals surface area (Å²) >= 11 is 0. The van der Waals surface area contributed by atoms with Crippen LogP contribution in [0.5, 0.6) is 5.75 Å². The molecule has 0 bridgehead atoms. The zero-order valence-corrected chi connectivity index (χ0v) is 18.5. The smallest absolute Gasteiger partial charge is 0.274 e. The number of halogens is 1. The quantitative estimate of drug-likeness (QED) is 0.351. The summed E-state index contributed by atoms with van der Waals surface area (Å²) in [6.07, 6.45) is 6.13. The van der Waals surface area contributed by atoms with Gasteiger partial charge in [0.2, 0.25) is 5.91 Å². The molecule has 0 aliphatic rings. The molecule has 0 radical (unpaired) electrons. The second kappa shape index (κ2) is 11.3. The van der Waals surface area contributed by atoms with E-state index in [0.29, 0.717) is 12.4 Å². The van der Waals surface area contributed by atoms with E-state index in [0.717, 1.165) is 17.3 Å². The lowest BCUT2D eigenvalue weighted by Gasteiger charge is -2.11. The average molecular weight is 468 g/mol. The van der Waals surface area contributed by atoms with E-state index >= 15 is 0 Å². The third kappa shape index (κ3) is 6.82. The molecule has 2 heterocycles. The van der Waals surface area contributed by atoms with Gasteiger partial charge in [0.05, 0.1) is 17.1 Å². The maximum Gasteiger partial charge on any atom is 0.274 e. The zero-order chi connectivity index (χ0) is 24.5. The van der Waals surface area contributed by atoms with Crippen LogP contribution in [0.2, 0.25) is 0 Å². The molecule has 0 spiro atoms. The molecule has 4 aromatic rings. The van der Waals surface area contributed by atoms with Crippen molar-refractivity contribution in [2.75, 3.05) is 10.6 Å². The van der Waals surface area contributed by atoms with Crippen molar-refractivity contribution in [1.29, 1.82) is 0 Å². The van der Waals surface area contributed by atoms with Crippen LogP contribution < -0.4 is 15.4 Å². The summed E-state index contributed by atoms with van der Waals surface area (Å²) in [5.74, 6) is -0.847. The van der Waals surface area contributed by atoms with Crippen molar-refractivity contribution in [3.8, 4) is 5.75 Å². The van der Waals surface area contributed by atoms with E-state index in [1.807, 2.05) is 18.2 Å². The Balaban J connectivity index is 1.37. The number of nitrogens with zero attached hydrogens (tertiary/aromatic N) is 2. The Labute approximate surface area is 201 Å². The van der Waals surface area contributed by atoms with Crippen LogP contribution in [0.1, 0.15) is 21.7 Å². The Morgan fingerprint density at radius 1 is 0.857 bits per heavy atom. The lowest BCUT2D eigenvalue weighted by Crippen LogP contribution is -2.16. The van der Waals surface area contributed by atoms with Crippen molar-refractivity contribution in [1.82, 2.24) is 9.97 Å². The van der Waals surface area contributed by atoms with E-state index in [2.05, 4.69) is 20.6 Å². The Kier molecular flexibility index (Phi) is 7.55. The number of amides is 2. The molecule has 2 N–H and O–H groups in total. The van der Waals surface area contributed by atoms with Gasteiger partial charge >= 0.3 is 0 Å². The number of aromatic nitrogens is 2. The predicted molar refractivity (Wildman–Crippen MR) is 131 cm³/mol. The van der Waals surface area contributed by atoms with Crippen LogP contribution in [-0.4, -0.2) is 21.8 Å². The third-order valence-corrected chi connectivity index (χ3v) is 4.81. The van der Waals surface area contributed by atoms with Crippen LogP contribution in [0.15, 0.2) is 97.3 Å². The van der Waals surface area contributed by atoms with Gasteiger partial charge in [-0.3, -0.25) is 19.6 Å². The normalized spacial score (nSPS) is 10.7. The second-order valence-corrected chi connectivity index (χ2v) is 7.36. The van der Waals surface area contributed by atoms with Crippen molar-refractivity contribution in [3.05, 3.63) is 120 Å². The van der Waals surface area contributed by atoms with Gasteiger partial charge in [-0.05, 0) is 66.2 Å². The summed E-state index contributed by atoms with van der Waals surface area (Å²) in [4.78, 5) is 33.0. The van der Waals surface area contributed by atoms with Crippen LogP contribution in [0.25, 0.3) is 6.08 Å². The van der Waals surface area contributed by atoms with Gasteiger partial charge in [0.25, 0.3) is 5.91 Å². The minimum absolute atomic E-state index is 0.127. The van der Waals surface area contributed by atoms with E-state index in [1.54, 1.807) is 54.7 Å². The van der Waals surface area contributed by atoms with E-state index in [1.165, 1.54) is 24.4 Å². The largest absolute Gasteiger partial charge is 0.487 e. The Hall–Kier alpha value is -4.85. The number of ether oxygens (including phenoxy) is 1. The highest BCUT2D eigenvalue weighted by Gasteiger charge is 2.12. The first kappa shape index (κ1) is 23.3. The molecule has 35 heavy (non-hydrogen) atoms. The zero-order valence-electron chi connectivity index (χ0n) is 18.5. The molecular formula is C27H21FN4O3. The molecule has 8 heteroatoms. The summed E-state index contributed by atoms with van der Waals surface area (Å²) in [5.41, 5.74) is 2.16. The molecule has 0 saturated carbocycles. The highest BCUT2D eigenvalue weighted by molar-refractivity contribution is 6.08. The van der Waals surface area contributed by atoms with Crippen LogP contribution in [0.4, 0.5) is 15.8 Å². The number of anilines is 2. The van der Waals surface area contributed by atoms with E-state index in [4.69, 9.17) is 4.74 Å². The van der Waals surface area contributed by atoms with Crippen LogP contribution in [0.3, 0.4) is 0 Å². The number of pyridine rings is 2. The molecule has 0 saturated heterocycles. The molecule has 0 aliphatic carbocycles. The highest BCUT2D eigenvalue weighted by Crippen LogP contribution is 2.23. The van der Waals surface area contributed by atoms with Gasteiger partial charge in [-0.25, -0.2) is 4.39 Å². The van der Waals surface area contributed by atoms with E-state index in [-0.39, 0.29) is 17.1 Å². The second-order valence-electron chi connectivity index (χ2n) is 7.36. The molecule has 2 amide bonds. The monoisotopic (exact) mass is 468 g/mol. The topological polar surface area (TPSA) is 93.2 Å². The lowest BCUT2D eigenvalue weighted by molar-refractivity contribution is -0.111. The summed E-state index contributed by atoms with van der Waals surface area (Å²) in [7, 11) is 0. The first-order chi connectivity index (χ1) is 17.1. The summed E-state index contributed by atoms with van der Waals surface area (Å²) < 4.78 is 19.5. The predicted octanol–water partition coefficient (Wildman–Crippen LogP) is 5.10. The number of carbonyl (C=O) groups excluding carboxylic acids is 2. The van der Waals surface area contributed by atoms with Gasteiger partial charge in [0, 0.05) is 18.5 Å². The number of hydrogen-bond donors (Lipinski definition) is 2. The number of rotatable bonds is 8. The summed E-state index contributed by atoms with van der Waals surface area (Å²) in [6.45, 7) is 0.352. The van der Waals surface area contributed by atoms with Crippen LogP contribution in [-0.2, 0) is 11.4 Å². The van der Waals surface area contributed by atoms with Gasteiger partial charge < -0.3 is 15.4 Å². The van der Waals surface area contributed by atoms with Crippen molar-refractivity contribution < 1.29 is 18.7 Å². The molecule has 0 unspecified atom stereocenters. The Morgan fingerprint density at radius 3 is 2.34 bits per heavy atom. The maximum atomic E-state index is 13.8. The SMILES string of the molecule is O=C(C=Cc1ccc(OCc2ccccn2)cc1)Nc1cc(F)ccc1NC(=O)c1ccccn1. The van der Waals surface area contributed by atoms with Crippen molar-refractivity contribution in [2.24, 2.45) is 0 Å². The maximum absolute atomic E-state index is 13.8. The fourth-order valence-electron chi connectivity index (χ4n) is 3.07. The number of benzene rings is 2. The fraction of sp³-hybridized carbons (Fsp3) is 0.0370. The molecular weight excluding hydrogens is 447 g/mol. The first-order valence-electron chi connectivity index (χ1n) is 10.7. The molecule has 0 atom stereocenters. The van der Waals surface area contributed by atoms with Crippen molar-refractivity contribution >= 4 is 29.3 Å². The van der Waals surface area contributed by atoms with Crippen molar-refractivity contribution in [2.45, 2.75) is 6.61 Å². The fourth-order valence-corrected chi connectivity index (χ4v) is 3.07. The molecule has 0 aliphatic heterocycles. The van der Waals surface area contributed by atoms with Gasteiger partial charge in [0.1, 0.15) is 23.9 Å². The lowest BCUT2D eigenvalue weighted by atomic mass is 10.2. The summed E-state index contributed by atoms with van der Waals surface area (Å²) in [6, 6.07) is 21.4.